The molecule has 1 aromatic carbocycles. The number of methoxy groups -OCH3 is 1. The lowest BCUT2D eigenvalue weighted by Gasteiger charge is -2.14. The number of anilines is 1. The molecule has 1 aliphatic heterocycles. The summed E-state index contributed by atoms with van der Waals surface area (Å²) in [5, 5.41) is 6.23. The van der Waals surface area contributed by atoms with Crippen LogP contribution in [0.15, 0.2) is 18.2 Å². The Kier molecular flexibility index (Phi) is 7.32. The molecule has 1 aliphatic rings. The number of rotatable bonds is 6. The van der Waals surface area contributed by atoms with Gasteiger partial charge in [0.25, 0.3) is 0 Å². The third-order valence-corrected chi connectivity index (χ3v) is 3.35. The van der Waals surface area contributed by atoms with Crippen molar-refractivity contribution in [1.29, 1.82) is 0 Å². The summed E-state index contributed by atoms with van der Waals surface area (Å²) in [6.45, 7) is 3.47. The Bertz CT molecular complexity index is 462. The summed E-state index contributed by atoms with van der Waals surface area (Å²) < 4.78 is 10.7. The van der Waals surface area contributed by atoms with E-state index in [1.54, 1.807) is 13.2 Å². The third-order valence-electron chi connectivity index (χ3n) is 3.35. The van der Waals surface area contributed by atoms with Crippen molar-refractivity contribution in [2.75, 3.05) is 25.6 Å². The van der Waals surface area contributed by atoms with E-state index < -0.39 is 0 Å². The number of nitrogens with one attached hydrogen (secondary N) is 2. The molecular formula is C15H23ClN2O3. The van der Waals surface area contributed by atoms with Crippen molar-refractivity contribution in [3.63, 3.8) is 0 Å². The maximum atomic E-state index is 12.1. The zero-order chi connectivity index (χ0) is 14.4. The number of benzene rings is 1. The second-order valence-electron chi connectivity index (χ2n) is 4.84. The van der Waals surface area contributed by atoms with E-state index in [2.05, 4.69) is 10.6 Å². The van der Waals surface area contributed by atoms with Crippen LogP contribution in [0, 0.1) is 0 Å². The smallest absolute Gasteiger partial charge is 0.226 e. The average molecular weight is 315 g/mol. The Balaban J connectivity index is 0.00000220. The van der Waals surface area contributed by atoms with Gasteiger partial charge in [-0.15, -0.1) is 12.4 Å². The van der Waals surface area contributed by atoms with Gasteiger partial charge in [0, 0.05) is 18.5 Å². The molecule has 1 unspecified atom stereocenters. The molecule has 1 amide bonds. The maximum Gasteiger partial charge on any atom is 0.226 e. The monoisotopic (exact) mass is 314 g/mol. The van der Waals surface area contributed by atoms with E-state index >= 15 is 0 Å². The molecule has 1 aromatic rings. The second kappa shape index (κ2) is 8.74. The molecule has 21 heavy (non-hydrogen) atoms. The summed E-state index contributed by atoms with van der Waals surface area (Å²) in [5.74, 6) is 1.36. The van der Waals surface area contributed by atoms with E-state index in [-0.39, 0.29) is 24.4 Å². The largest absolute Gasteiger partial charge is 0.497 e. The molecule has 118 valence electrons. The van der Waals surface area contributed by atoms with E-state index in [0.717, 1.165) is 19.4 Å². The van der Waals surface area contributed by atoms with E-state index in [4.69, 9.17) is 9.47 Å². The molecule has 0 radical (unpaired) electrons. The lowest BCUT2D eigenvalue weighted by molar-refractivity contribution is -0.116. The summed E-state index contributed by atoms with van der Waals surface area (Å²) in [6.07, 6.45) is 2.69. The summed E-state index contributed by atoms with van der Waals surface area (Å²) in [6, 6.07) is 5.70. The lowest BCUT2D eigenvalue weighted by Crippen LogP contribution is -2.27. The van der Waals surface area contributed by atoms with Crippen molar-refractivity contribution in [2.45, 2.75) is 32.2 Å². The molecular weight excluding hydrogens is 292 g/mol. The number of ether oxygens (including phenoxy) is 2. The highest BCUT2D eigenvalue weighted by atomic mass is 35.5. The van der Waals surface area contributed by atoms with Crippen LogP contribution in [-0.4, -0.2) is 32.2 Å². The van der Waals surface area contributed by atoms with E-state index in [1.165, 1.54) is 0 Å². The first kappa shape index (κ1) is 17.6. The molecule has 2 N–H and O–H groups in total. The van der Waals surface area contributed by atoms with Crippen molar-refractivity contribution in [3.05, 3.63) is 18.2 Å². The molecule has 0 aromatic heterocycles. The first-order valence-electron chi connectivity index (χ1n) is 7.07. The normalized spacial score (nSPS) is 17.0. The third kappa shape index (κ3) is 5.10. The van der Waals surface area contributed by atoms with Crippen LogP contribution in [0.1, 0.15) is 26.2 Å². The van der Waals surface area contributed by atoms with Gasteiger partial charge in [-0.3, -0.25) is 4.79 Å². The van der Waals surface area contributed by atoms with E-state index in [9.17, 15) is 4.79 Å². The second-order valence-corrected chi connectivity index (χ2v) is 4.84. The van der Waals surface area contributed by atoms with Crippen molar-refractivity contribution in [3.8, 4) is 11.5 Å². The van der Waals surface area contributed by atoms with Gasteiger partial charge in [-0.05, 0) is 38.4 Å². The Labute approximate surface area is 131 Å². The van der Waals surface area contributed by atoms with Crippen LogP contribution < -0.4 is 20.1 Å². The lowest BCUT2D eigenvalue weighted by atomic mass is 10.1. The summed E-state index contributed by atoms with van der Waals surface area (Å²) in [5.41, 5.74) is 0.661. The Morgan fingerprint density at radius 2 is 2.29 bits per heavy atom. The average Bonchev–Trinajstić information content (AvgIpc) is 2.93. The number of carbonyl (C=O) groups is 1. The SMILES string of the molecule is CCOc1ccc(OC)cc1NC(=O)CC1CCCN1.Cl. The standard InChI is InChI=1S/C15H22N2O3.ClH/c1-3-20-14-7-6-12(19-2)10-13(14)17-15(18)9-11-5-4-8-16-11;/h6-7,10-11,16H,3-5,8-9H2,1-2H3,(H,17,18);1H. The summed E-state index contributed by atoms with van der Waals surface area (Å²) >= 11 is 0. The number of halogens is 1. The minimum absolute atomic E-state index is 0. The topological polar surface area (TPSA) is 59.6 Å². The molecule has 1 heterocycles. The number of hydrogen-bond acceptors (Lipinski definition) is 4. The molecule has 0 bridgehead atoms. The van der Waals surface area contributed by atoms with E-state index in [1.807, 2.05) is 19.1 Å². The van der Waals surface area contributed by atoms with Gasteiger partial charge in [0.2, 0.25) is 5.91 Å². The van der Waals surface area contributed by atoms with Gasteiger partial charge in [0.1, 0.15) is 11.5 Å². The predicted octanol–water partition coefficient (Wildman–Crippen LogP) is 2.60. The minimum Gasteiger partial charge on any atom is -0.497 e. The Morgan fingerprint density at radius 3 is 2.90 bits per heavy atom. The molecule has 2 rings (SSSR count). The first-order valence-corrected chi connectivity index (χ1v) is 7.07. The fourth-order valence-electron chi connectivity index (χ4n) is 2.37. The Morgan fingerprint density at radius 1 is 1.48 bits per heavy atom. The zero-order valence-electron chi connectivity index (χ0n) is 12.5. The van der Waals surface area contributed by atoms with Crippen LogP contribution in [0.25, 0.3) is 0 Å². The molecule has 0 saturated carbocycles. The van der Waals surface area contributed by atoms with Gasteiger partial charge in [-0.2, -0.15) is 0 Å². The van der Waals surface area contributed by atoms with Gasteiger partial charge in [-0.25, -0.2) is 0 Å². The maximum absolute atomic E-state index is 12.1. The first-order chi connectivity index (χ1) is 9.72. The molecule has 1 saturated heterocycles. The van der Waals surface area contributed by atoms with Gasteiger partial charge < -0.3 is 20.1 Å². The predicted molar refractivity (Wildman–Crippen MR) is 85.7 cm³/mol. The fourth-order valence-corrected chi connectivity index (χ4v) is 2.37. The quantitative estimate of drug-likeness (QED) is 0.847. The summed E-state index contributed by atoms with van der Waals surface area (Å²) in [7, 11) is 1.60. The van der Waals surface area contributed by atoms with Crippen LogP contribution in [0.2, 0.25) is 0 Å². The van der Waals surface area contributed by atoms with Crippen LogP contribution >= 0.6 is 12.4 Å². The number of amides is 1. The number of carbonyl (C=O) groups excluding carboxylic acids is 1. The molecule has 0 spiro atoms. The van der Waals surface area contributed by atoms with Crippen molar-refractivity contribution in [2.24, 2.45) is 0 Å². The van der Waals surface area contributed by atoms with E-state index in [0.29, 0.717) is 30.2 Å². The molecule has 1 fully saturated rings. The number of hydrogen-bond donors (Lipinski definition) is 2. The minimum atomic E-state index is -0.00129. The summed E-state index contributed by atoms with van der Waals surface area (Å²) in [4.78, 5) is 12.1. The van der Waals surface area contributed by atoms with Gasteiger partial charge in [0.15, 0.2) is 0 Å². The van der Waals surface area contributed by atoms with Gasteiger partial charge in [0.05, 0.1) is 19.4 Å². The van der Waals surface area contributed by atoms with Crippen LogP contribution in [0.4, 0.5) is 5.69 Å². The van der Waals surface area contributed by atoms with Crippen LogP contribution in [-0.2, 0) is 4.79 Å². The van der Waals surface area contributed by atoms with Gasteiger partial charge >= 0.3 is 0 Å². The van der Waals surface area contributed by atoms with Gasteiger partial charge in [-0.1, -0.05) is 0 Å². The highest BCUT2D eigenvalue weighted by Gasteiger charge is 2.18. The zero-order valence-corrected chi connectivity index (χ0v) is 13.3. The highest BCUT2D eigenvalue weighted by Crippen LogP contribution is 2.29. The molecule has 1 atom stereocenters. The highest BCUT2D eigenvalue weighted by molar-refractivity contribution is 5.93. The van der Waals surface area contributed by atoms with Crippen molar-refractivity contribution < 1.29 is 14.3 Å². The Hall–Kier alpha value is -1.46. The fraction of sp³-hybridized carbons (Fsp3) is 0.533. The van der Waals surface area contributed by atoms with Crippen molar-refractivity contribution in [1.82, 2.24) is 5.32 Å². The molecule has 6 heteroatoms. The van der Waals surface area contributed by atoms with Crippen molar-refractivity contribution >= 4 is 24.0 Å². The van der Waals surface area contributed by atoms with Crippen LogP contribution in [0.3, 0.4) is 0 Å². The molecule has 0 aliphatic carbocycles. The molecule has 5 nitrogen and oxygen atoms in total. The van der Waals surface area contributed by atoms with Crippen LogP contribution in [0.5, 0.6) is 11.5 Å².